The van der Waals surface area contributed by atoms with Crippen LogP contribution in [0.25, 0.3) is 0 Å². The Kier molecular flexibility index (Phi) is 11.5. The van der Waals surface area contributed by atoms with Gasteiger partial charge in [0.1, 0.15) is 18.3 Å². The van der Waals surface area contributed by atoms with Crippen molar-refractivity contribution in [2.45, 2.75) is 37.8 Å². The molecule has 0 saturated heterocycles. The van der Waals surface area contributed by atoms with Crippen molar-refractivity contribution >= 4 is 50.7 Å². The number of aryl methyl sites for hydroxylation is 1. The highest BCUT2D eigenvalue weighted by Gasteiger charge is 2.35. The topological polar surface area (TPSA) is 96.0 Å². The number of hydrogen-bond acceptors (Lipinski definition) is 5. The molecular formula is C34H35Cl2N3O5S. The van der Waals surface area contributed by atoms with Crippen LogP contribution < -0.4 is 14.4 Å². The lowest BCUT2D eigenvalue weighted by Gasteiger charge is -2.34. The lowest BCUT2D eigenvalue weighted by molar-refractivity contribution is -0.140. The van der Waals surface area contributed by atoms with Gasteiger partial charge in [0.15, 0.2) is 0 Å². The highest BCUT2D eigenvalue weighted by Crippen LogP contribution is 2.30. The molecule has 1 N–H and O–H groups in total. The van der Waals surface area contributed by atoms with Crippen molar-refractivity contribution < 1.29 is 22.7 Å². The lowest BCUT2D eigenvalue weighted by Crippen LogP contribution is -2.53. The van der Waals surface area contributed by atoms with Gasteiger partial charge in [-0.05, 0) is 55.8 Å². The fourth-order valence-electron chi connectivity index (χ4n) is 4.83. The van der Waals surface area contributed by atoms with Crippen LogP contribution in [-0.2, 0) is 32.6 Å². The predicted octanol–water partition coefficient (Wildman–Crippen LogP) is 6.28. The molecule has 1 unspecified atom stereocenters. The first kappa shape index (κ1) is 33.8. The minimum Gasteiger partial charge on any atom is -0.497 e. The summed E-state index contributed by atoms with van der Waals surface area (Å²) >= 11 is 13.1. The average molecular weight is 669 g/mol. The first-order valence-electron chi connectivity index (χ1n) is 14.3. The molecule has 0 heterocycles. The minimum absolute atomic E-state index is 0.00831. The molecule has 45 heavy (non-hydrogen) atoms. The second kappa shape index (κ2) is 15.3. The van der Waals surface area contributed by atoms with Gasteiger partial charge in [-0.3, -0.25) is 13.9 Å². The number of carbonyl (C=O) groups is 2. The van der Waals surface area contributed by atoms with E-state index >= 15 is 0 Å². The number of nitrogens with one attached hydrogen (secondary N) is 1. The fourth-order valence-corrected chi connectivity index (χ4v) is 6.75. The highest BCUT2D eigenvalue weighted by molar-refractivity contribution is 7.92. The predicted molar refractivity (Wildman–Crippen MR) is 178 cm³/mol. The van der Waals surface area contributed by atoms with Crippen molar-refractivity contribution in [2.24, 2.45) is 0 Å². The van der Waals surface area contributed by atoms with Crippen molar-refractivity contribution in [3.05, 3.63) is 124 Å². The SMILES string of the molecule is CCNC(=O)C(Cc1ccccc1)N(Cc1c(Cl)cccc1Cl)C(=O)CN(c1cccc(OC)c1)S(=O)(=O)c1ccc(C)cc1. The number of amides is 2. The number of sulfonamides is 1. The van der Waals surface area contributed by atoms with E-state index in [1.165, 1.54) is 24.1 Å². The third-order valence-electron chi connectivity index (χ3n) is 7.24. The second-order valence-electron chi connectivity index (χ2n) is 10.3. The van der Waals surface area contributed by atoms with Crippen LogP contribution in [0, 0.1) is 6.92 Å². The summed E-state index contributed by atoms with van der Waals surface area (Å²) in [6.07, 6.45) is 0.171. The minimum atomic E-state index is -4.25. The van der Waals surface area contributed by atoms with E-state index in [1.54, 1.807) is 61.5 Å². The number of likely N-dealkylation sites (N-methyl/N-ethyl adjacent to an activating group) is 1. The van der Waals surface area contributed by atoms with Gasteiger partial charge >= 0.3 is 0 Å². The molecule has 0 saturated carbocycles. The first-order valence-corrected chi connectivity index (χ1v) is 16.5. The molecule has 0 spiro atoms. The van der Waals surface area contributed by atoms with Gasteiger partial charge in [0.25, 0.3) is 10.0 Å². The van der Waals surface area contributed by atoms with E-state index < -0.39 is 34.4 Å². The number of ether oxygens (including phenoxy) is 1. The highest BCUT2D eigenvalue weighted by atomic mass is 35.5. The Morgan fingerprint density at radius 1 is 0.889 bits per heavy atom. The smallest absolute Gasteiger partial charge is 0.264 e. The molecule has 4 aromatic carbocycles. The van der Waals surface area contributed by atoms with Gasteiger partial charge < -0.3 is 15.0 Å². The van der Waals surface area contributed by atoms with E-state index in [1.807, 2.05) is 37.3 Å². The molecule has 0 bridgehead atoms. The van der Waals surface area contributed by atoms with E-state index in [2.05, 4.69) is 5.32 Å². The van der Waals surface area contributed by atoms with Gasteiger partial charge in [-0.2, -0.15) is 0 Å². The van der Waals surface area contributed by atoms with E-state index in [9.17, 15) is 18.0 Å². The average Bonchev–Trinajstić information content (AvgIpc) is 3.03. The number of methoxy groups -OCH3 is 1. The Balaban J connectivity index is 1.84. The van der Waals surface area contributed by atoms with Gasteiger partial charge in [-0.15, -0.1) is 0 Å². The number of hydrogen-bond donors (Lipinski definition) is 1. The first-order chi connectivity index (χ1) is 21.5. The zero-order valence-corrected chi connectivity index (χ0v) is 27.6. The fraction of sp³-hybridized carbons (Fsp3) is 0.235. The van der Waals surface area contributed by atoms with Crippen molar-refractivity contribution in [1.29, 1.82) is 0 Å². The van der Waals surface area contributed by atoms with Crippen LogP contribution in [0.5, 0.6) is 5.75 Å². The van der Waals surface area contributed by atoms with Gasteiger partial charge in [0, 0.05) is 41.2 Å². The Morgan fingerprint density at radius 2 is 1.53 bits per heavy atom. The van der Waals surface area contributed by atoms with E-state index in [4.69, 9.17) is 27.9 Å². The summed E-state index contributed by atoms with van der Waals surface area (Å²) in [6, 6.07) is 26.1. The van der Waals surface area contributed by atoms with Gasteiger partial charge in [-0.1, -0.05) is 83.4 Å². The number of carbonyl (C=O) groups excluding carboxylic acids is 2. The van der Waals surface area contributed by atoms with Crippen LogP contribution in [0.15, 0.2) is 102 Å². The van der Waals surface area contributed by atoms with Crippen LogP contribution in [0.4, 0.5) is 5.69 Å². The molecule has 0 aromatic heterocycles. The molecule has 1 atom stereocenters. The maximum Gasteiger partial charge on any atom is 0.264 e. The molecule has 11 heteroatoms. The maximum atomic E-state index is 14.5. The van der Waals surface area contributed by atoms with Gasteiger partial charge in [0.2, 0.25) is 11.8 Å². The summed E-state index contributed by atoms with van der Waals surface area (Å²) in [6.45, 7) is 3.22. The third-order valence-corrected chi connectivity index (χ3v) is 9.74. The van der Waals surface area contributed by atoms with Gasteiger partial charge in [0.05, 0.1) is 17.7 Å². The van der Waals surface area contributed by atoms with E-state index in [0.717, 1.165) is 15.4 Å². The summed E-state index contributed by atoms with van der Waals surface area (Å²) < 4.78 is 34.7. The van der Waals surface area contributed by atoms with Crippen LogP contribution in [0.3, 0.4) is 0 Å². The summed E-state index contributed by atoms with van der Waals surface area (Å²) in [5, 5.41) is 3.45. The quantitative estimate of drug-likeness (QED) is 0.181. The molecule has 4 aromatic rings. The lowest BCUT2D eigenvalue weighted by atomic mass is 10.0. The number of halogens is 2. The normalized spacial score (nSPS) is 11.8. The monoisotopic (exact) mass is 667 g/mol. The molecule has 236 valence electrons. The van der Waals surface area contributed by atoms with Crippen molar-refractivity contribution in [1.82, 2.24) is 10.2 Å². The van der Waals surface area contributed by atoms with Crippen LogP contribution >= 0.6 is 23.2 Å². The molecule has 8 nitrogen and oxygen atoms in total. The van der Waals surface area contributed by atoms with Crippen molar-refractivity contribution in [2.75, 3.05) is 24.5 Å². The molecule has 0 fully saturated rings. The summed E-state index contributed by atoms with van der Waals surface area (Å²) in [4.78, 5) is 29.5. The molecular weight excluding hydrogens is 633 g/mol. The van der Waals surface area contributed by atoms with Crippen LogP contribution in [-0.4, -0.2) is 51.4 Å². The second-order valence-corrected chi connectivity index (χ2v) is 13.0. The van der Waals surface area contributed by atoms with Crippen molar-refractivity contribution in [3.63, 3.8) is 0 Å². The van der Waals surface area contributed by atoms with Crippen LogP contribution in [0.2, 0.25) is 10.0 Å². The largest absolute Gasteiger partial charge is 0.497 e. The third kappa shape index (κ3) is 8.36. The standard InChI is InChI=1S/C34H35Cl2N3O5S/c1-4-37-34(41)32(20-25-10-6-5-7-11-25)38(22-29-30(35)14-9-15-31(29)36)33(40)23-39(26-12-8-13-27(21-26)44-3)45(42,43)28-18-16-24(2)17-19-28/h5-19,21,32H,4,20,22-23H2,1-3H3,(H,37,41). The van der Waals surface area contributed by atoms with E-state index in [0.29, 0.717) is 27.9 Å². The number of anilines is 1. The number of nitrogens with zero attached hydrogens (tertiary/aromatic N) is 2. The number of rotatable bonds is 13. The molecule has 0 radical (unpaired) electrons. The van der Waals surface area contributed by atoms with Crippen molar-refractivity contribution in [3.8, 4) is 5.75 Å². The Hall–Kier alpha value is -4.05. The molecule has 0 aliphatic rings. The zero-order chi connectivity index (χ0) is 32.6. The zero-order valence-electron chi connectivity index (χ0n) is 25.2. The molecule has 0 aliphatic heterocycles. The summed E-state index contributed by atoms with van der Waals surface area (Å²) in [5.74, 6) is -0.614. The molecule has 0 aliphatic carbocycles. The van der Waals surface area contributed by atoms with Gasteiger partial charge in [-0.25, -0.2) is 8.42 Å². The molecule has 4 rings (SSSR count). The number of benzene rings is 4. The maximum absolute atomic E-state index is 14.5. The van der Waals surface area contributed by atoms with E-state index in [-0.39, 0.29) is 23.5 Å². The Morgan fingerprint density at radius 3 is 2.16 bits per heavy atom. The van der Waals surface area contributed by atoms with Crippen LogP contribution in [0.1, 0.15) is 23.6 Å². The summed E-state index contributed by atoms with van der Waals surface area (Å²) in [5.41, 5.74) is 2.35. The summed E-state index contributed by atoms with van der Waals surface area (Å²) in [7, 11) is -2.78. The molecule has 2 amide bonds. The Bertz CT molecular complexity index is 1710. The Labute approximate surface area is 274 Å².